The van der Waals surface area contributed by atoms with E-state index >= 15 is 0 Å². The van der Waals surface area contributed by atoms with Crippen LogP contribution in [0.25, 0.3) is 11.0 Å². The van der Waals surface area contributed by atoms with Gasteiger partial charge in [-0.2, -0.15) is 0 Å². The van der Waals surface area contributed by atoms with Crippen LogP contribution in [0.5, 0.6) is 0 Å². The van der Waals surface area contributed by atoms with E-state index in [1.807, 2.05) is 39.0 Å². The molecule has 0 aliphatic heterocycles. The summed E-state index contributed by atoms with van der Waals surface area (Å²) in [5.74, 6) is 0. The topological polar surface area (TPSA) is 85.1 Å². The quantitative estimate of drug-likeness (QED) is 0.794. The van der Waals surface area contributed by atoms with Crippen molar-refractivity contribution in [3.8, 4) is 0 Å². The largest absolute Gasteiger partial charge is 0.243 e. The van der Waals surface area contributed by atoms with E-state index in [2.05, 4.69) is 19.7 Å². The van der Waals surface area contributed by atoms with Gasteiger partial charge in [-0.3, -0.25) is 0 Å². The van der Waals surface area contributed by atoms with E-state index < -0.39 is 10.0 Å². The number of nitrogens with zero attached hydrogens (tertiary/aromatic N) is 2. The normalized spacial score (nSPS) is 13.3. The highest BCUT2D eigenvalue weighted by atomic mass is 32.2. The maximum atomic E-state index is 12.7. The Hall–Kier alpha value is -2.25. The van der Waals surface area contributed by atoms with Gasteiger partial charge < -0.3 is 0 Å². The molecule has 0 radical (unpaired) electrons. The molecule has 3 aromatic rings. The molecule has 0 saturated carbocycles. The number of aryl methyl sites for hydroxylation is 2. The van der Waals surface area contributed by atoms with E-state index in [0.29, 0.717) is 5.52 Å². The van der Waals surface area contributed by atoms with Gasteiger partial charge in [-0.15, -0.1) is 0 Å². The molecule has 6 nitrogen and oxygen atoms in total. The highest BCUT2D eigenvalue weighted by molar-refractivity contribution is 7.89. The molecule has 0 fully saturated rings. The van der Waals surface area contributed by atoms with E-state index in [0.717, 1.165) is 11.1 Å². The van der Waals surface area contributed by atoms with Crippen LogP contribution in [0, 0.1) is 13.8 Å². The smallest absolute Gasteiger partial charge is 0.243 e. The first-order chi connectivity index (χ1) is 10.9. The fourth-order valence-electron chi connectivity index (χ4n) is 2.40. The number of fused-ring (bicyclic) bond motifs is 1. The second-order valence-electron chi connectivity index (χ2n) is 5.57. The molecule has 7 heteroatoms. The first-order valence-corrected chi connectivity index (χ1v) is 8.67. The molecule has 0 spiro atoms. The summed E-state index contributed by atoms with van der Waals surface area (Å²) in [6.07, 6.45) is 0. The van der Waals surface area contributed by atoms with Crippen molar-refractivity contribution in [3.63, 3.8) is 0 Å². The van der Waals surface area contributed by atoms with Crippen LogP contribution in [-0.2, 0) is 10.0 Å². The number of hydrogen-bond donors (Lipinski definition) is 1. The molecule has 1 heterocycles. The highest BCUT2D eigenvalue weighted by Gasteiger charge is 2.23. The van der Waals surface area contributed by atoms with Gasteiger partial charge in [-0.25, -0.2) is 17.8 Å². The molecule has 2 aromatic carbocycles. The fourth-order valence-corrected chi connectivity index (χ4v) is 3.78. The third-order valence-electron chi connectivity index (χ3n) is 3.90. The summed E-state index contributed by atoms with van der Waals surface area (Å²) in [6.45, 7) is 5.83. The number of nitrogens with one attached hydrogen (secondary N) is 1. The molecule has 23 heavy (non-hydrogen) atoms. The van der Waals surface area contributed by atoms with Gasteiger partial charge in [-0.1, -0.05) is 24.3 Å². The summed E-state index contributed by atoms with van der Waals surface area (Å²) < 4.78 is 32.6. The SMILES string of the molecule is Cc1ccc(C(C)NS(=O)(=O)c2cccc3nonc23)cc1C. The molecular weight excluding hydrogens is 314 g/mol. The zero-order chi connectivity index (χ0) is 16.6. The summed E-state index contributed by atoms with van der Waals surface area (Å²) >= 11 is 0. The maximum Gasteiger partial charge on any atom is 0.243 e. The highest BCUT2D eigenvalue weighted by Crippen LogP contribution is 2.23. The monoisotopic (exact) mass is 331 g/mol. The Bertz CT molecular complexity index is 964. The summed E-state index contributed by atoms with van der Waals surface area (Å²) in [5, 5.41) is 7.36. The van der Waals surface area contributed by atoms with Gasteiger partial charge in [0.15, 0.2) is 5.52 Å². The molecular formula is C16H17N3O3S. The van der Waals surface area contributed by atoms with Crippen molar-refractivity contribution in [2.45, 2.75) is 31.7 Å². The van der Waals surface area contributed by atoms with Crippen LogP contribution >= 0.6 is 0 Å². The average molecular weight is 331 g/mol. The predicted octanol–water partition coefficient (Wildman–Crippen LogP) is 2.88. The van der Waals surface area contributed by atoms with Crippen molar-refractivity contribution >= 4 is 21.1 Å². The number of rotatable bonds is 4. The minimum absolute atomic E-state index is 0.0620. The first-order valence-electron chi connectivity index (χ1n) is 7.19. The molecule has 0 amide bonds. The van der Waals surface area contributed by atoms with Gasteiger partial charge in [0.1, 0.15) is 10.4 Å². The van der Waals surface area contributed by atoms with E-state index in [1.54, 1.807) is 12.1 Å². The van der Waals surface area contributed by atoms with Crippen molar-refractivity contribution in [2.24, 2.45) is 0 Å². The van der Waals surface area contributed by atoms with Crippen LogP contribution in [0.1, 0.15) is 29.7 Å². The van der Waals surface area contributed by atoms with Crippen LogP contribution in [-0.4, -0.2) is 18.7 Å². The Kier molecular flexibility index (Phi) is 3.91. The van der Waals surface area contributed by atoms with Crippen LogP contribution in [0.2, 0.25) is 0 Å². The minimum atomic E-state index is -3.74. The third kappa shape index (κ3) is 2.97. The number of aromatic nitrogens is 2. The van der Waals surface area contributed by atoms with Gasteiger partial charge in [0.25, 0.3) is 0 Å². The summed E-state index contributed by atoms with van der Waals surface area (Å²) in [7, 11) is -3.74. The average Bonchev–Trinajstić information content (AvgIpc) is 2.97. The molecule has 1 N–H and O–H groups in total. The van der Waals surface area contributed by atoms with Gasteiger partial charge in [0.05, 0.1) is 0 Å². The second kappa shape index (κ2) is 5.75. The van der Waals surface area contributed by atoms with E-state index in [-0.39, 0.29) is 16.5 Å². The first kappa shape index (κ1) is 15.6. The molecule has 3 rings (SSSR count). The molecule has 1 aromatic heterocycles. The molecule has 120 valence electrons. The van der Waals surface area contributed by atoms with Crippen LogP contribution in [0.4, 0.5) is 0 Å². The van der Waals surface area contributed by atoms with Crippen molar-refractivity contribution in [1.29, 1.82) is 0 Å². The number of hydrogen-bond acceptors (Lipinski definition) is 5. The van der Waals surface area contributed by atoms with Crippen LogP contribution in [0.15, 0.2) is 45.9 Å². The lowest BCUT2D eigenvalue weighted by atomic mass is 10.0. The Morgan fingerprint density at radius 3 is 2.61 bits per heavy atom. The fraction of sp³-hybridized carbons (Fsp3) is 0.250. The van der Waals surface area contributed by atoms with Gasteiger partial charge in [0, 0.05) is 6.04 Å². The summed E-state index contributed by atoms with van der Waals surface area (Å²) in [5.41, 5.74) is 3.83. The van der Waals surface area contributed by atoms with Gasteiger partial charge in [-0.05, 0) is 59.9 Å². The molecule has 1 atom stereocenters. The lowest BCUT2D eigenvalue weighted by Crippen LogP contribution is -2.27. The van der Waals surface area contributed by atoms with E-state index in [9.17, 15) is 8.42 Å². The number of benzene rings is 2. The molecule has 1 unspecified atom stereocenters. The molecule has 0 bridgehead atoms. The predicted molar refractivity (Wildman–Crippen MR) is 86.5 cm³/mol. The maximum absolute atomic E-state index is 12.7. The van der Waals surface area contributed by atoms with E-state index in [1.165, 1.54) is 11.6 Å². The van der Waals surface area contributed by atoms with Crippen molar-refractivity contribution in [1.82, 2.24) is 15.0 Å². The van der Waals surface area contributed by atoms with Crippen molar-refractivity contribution in [2.75, 3.05) is 0 Å². The molecule has 0 aliphatic carbocycles. The zero-order valence-electron chi connectivity index (χ0n) is 13.1. The lowest BCUT2D eigenvalue weighted by molar-refractivity contribution is 0.315. The van der Waals surface area contributed by atoms with Crippen LogP contribution < -0.4 is 4.72 Å². The Labute approximate surface area is 134 Å². The Morgan fingerprint density at radius 2 is 1.87 bits per heavy atom. The second-order valence-corrected chi connectivity index (χ2v) is 7.26. The molecule has 0 saturated heterocycles. The summed E-state index contributed by atoms with van der Waals surface area (Å²) in [4.78, 5) is 0.0620. The molecule has 0 aliphatic rings. The Balaban J connectivity index is 1.94. The minimum Gasteiger partial charge on any atom is -0.243 e. The standard InChI is InChI=1S/C16H17N3O3S/c1-10-7-8-13(9-11(10)2)12(3)19-23(20,21)15-6-4-5-14-16(15)18-22-17-14/h4-9,12,19H,1-3H3. The van der Waals surface area contributed by atoms with Crippen LogP contribution in [0.3, 0.4) is 0 Å². The lowest BCUT2D eigenvalue weighted by Gasteiger charge is -2.16. The third-order valence-corrected chi connectivity index (χ3v) is 5.47. The van der Waals surface area contributed by atoms with Gasteiger partial charge >= 0.3 is 0 Å². The zero-order valence-corrected chi connectivity index (χ0v) is 13.9. The summed E-state index contributed by atoms with van der Waals surface area (Å²) in [6, 6.07) is 10.3. The van der Waals surface area contributed by atoms with Crippen molar-refractivity contribution < 1.29 is 13.0 Å². The number of sulfonamides is 1. The van der Waals surface area contributed by atoms with Gasteiger partial charge in [0.2, 0.25) is 10.0 Å². The Morgan fingerprint density at radius 1 is 1.09 bits per heavy atom. The van der Waals surface area contributed by atoms with E-state index in [4.69, 9.17) is 0 Å². The van der Waals surface area contributed by atoms with Crippen molar-refractivity contribution in [3.05, 3.63) is 53.1 Å².